The van der Waals surface area contributed by atoms with Crippen molar-refractivity contribution < 1.29 is 9.47 Å². The molecule has 2 rings (SSSR count). The van der Waals surface area contributed by atoms with E-state index in [9.17, 15) is 0 Å². The van der Waals surface area contributed by atoms with E-state index in [0.717, 1.165) is 11.3 Å². The summed E-state index contributed by atoms with van der Waals surface area (Å²) < 4.78 is 10.9. The summed E-state index contributed by atoms with van der Waals surface area (Å²) in [7, 11) is 1.67. The van der Waals surface area contributed by atoms with Gasteiger partial charge >= 0.3 is 0 Å². The molecule has 0 bridgehead atoms. The van der Waals surface area contributed by atoms with Gasteiger partial charge in [-0.15, -0.1) is 0 Å². The first kappa shape index (κ1) is 17.6. The summed E-state index contributed by atoms with van der Waals surface area (Å²) in [6, 6.07) is 8.35. The monoisotopic (exact) mass is 319 g/mol. The Morgan fingerprint density at radius 3 is 2.70 bits per heavy atom. The minimum Gasteiger partial charge on any atom is -0.496 e. The van der Waals surface area contributed by atoms with E-state index in [1.165, 1.54) is 38.5 Å². The number of ether oxygens (including phenoxy) is 2. The zero-order valence-electron chi connectivity index (χ0n) is 14.1. The lowest BCUT2D eigenvalue weighted by molar-refractivity contribution is 0.126. The molecule has 23 heavy (non-hydrogen) atoms. The van der Waals surface area contributed by atoms with E-state index in [2.05, 4.69) is 10.3 Å². The molecule has 5 nitrogen and oxygen atoms in total. The van der Waals surface area contributed by atoms with Crippen LogP contribution in [0.5, 0.6) is 5.75 Å². The Morgan fingerprint density at radius 2 is 1.96 bits per heavy atom. The summed E-state index contributed by atoms with van der Waals surface area (Å²) >= 11 is 0. The van der Waals surface area contributed by atoms with Crippen molar-refractivity contribution in [3.05, 3.63) is 29.8 Å². The van der Waals surface area contributed by atoms with Crippen molar-refractivity contribution in [2.45, 2.75) is 51.2 Å². The lowest BCUT2D eigenvalue weighted by atomic mass is 10.1. The molecule has 5 heteroatoms. The van der Waals surface area contributed by atoms with Gasteiger partial charge in [-0.1, -0.05) is 43.9 Å². The molecule has 1 aliphatic rings. The van der Waals surface area contributed by atoms with Gasteiger partial charge in [0, 0.05) is 11.6 Å². The van der Waals surface area contributed by atoms with Crippen LogP contribution in [-0.4, -0.2) is 32.3 Å². The number of aliphatic imine (C=N–C) groups is 1. The highest BCUT2D eigenvalue weighted by molar-refractivity contribution is 5.78. The van der Waals surface area contributed by atoms with Gasteiger partial charge in [0.25, 0.3) is 0 Å². The van der Waals surface area contributed by atoms with Crippen LogP contribution in [0.3, 0.4) is 0 Å². The maximum absolute atomic E-state index is 5.96. The molecule has 0 amide bonds. The van der Waals surface area contributed by atoms with Crippen molar-refractivity contribution in [1.82, 2.24) is 5.32 Å². The zero-order valence-corrected chi connectivity index (χ0v) is 14.1. The number of rotatable bonds is 7. The van der Waals surface area contributed by atoms with E-state index in [1.807, 2.05) is 24.3 Å². The van der Waals surface area contributed by atoms with Gasteiger partial charge in [-0.25, -0.2) is 0 Å². The van der Waals surface area contributed by atoms with E-state index in [0.29, 0.717) is 31.8 Å². The molecular formula is C18H29N3O2. The average Bonchev–Trinajstić information content (AvgIpc) is 2.83. The Labute approximate surface area is 139 Å². The van der Waals surface area contributed by atoms with Crippen LogP contribution < -0.4 is 15.8 Å². The Kier molecular flexibility index (Phi) is 7.73. The Hall–Kier alpha value is -1.75. The Morgan fingerprint density at radius 1 is 1.22 bits per heavy atom. The molecule has 1 saturated carbocycles. The second-order valence-electron chi connectivity index (χ2n) is 5.96. The van der Waals surface area contributed by atoms with Gasteiger partial charge < -0.3 is 20.5 Å². The molecule has 1 aromatic carbocycles. The van der Waals surface area contributed by atoms with Crippen LogP contribution in [0.15, 0.2) is 29.3 Å². The number of benzene rings is 1. The average molecular weight is 319 g/mol. The van der Waals surface area contributed by atoms with E-state index in [1.54, 1.807) is 7.11 Å². The van der Waals surface area contributed by atoms with Crippen LogP contribution in [-0.2, 0) is 11.3 Å². The summed E-state index contributed by atoms with van der Waals surface area (Å²) in [5.41, 5.74) is 7.00. The SMILES string of the molecule is COc1ccccc1COCCN=C(N)NC1CCCCCC1. The van der Waals surface area contributed by atoms with E-state index in [-0.39, 0.29) is 0 Å². The van der Waals surface area contributed by atoms with Crippen molar-refractivity contribution in [1.29, 1.82) is 0 Å². The van der Waals surface area contributed by atoms with Gasteiger partial charge in [0.1, 0.15) is 5.75 Å². The highest BCUT2D eigenvalue weighted by Crippen LogP contribution is 2.18. The summed E-state index contributed by atoms with van der Waals surface area (Å²) in [5.74, 6) is 1.39. The van der Waals surface area contributed by atoms with E-state index >= 15 is 0 Å². The number of nitrogens with one attached hydrogen (secondary N) is 1. The molecule has 0 aromatic heterocycles. The fourth-order valence-corrected chi connectivity index (χ4v) is 2.91. The third-order valence-corrected chi connectivity index (χ3v) is 4.18. The van der Waals surface area contributed by atoms with Crippen LogP contribution in [0.1, 0.15) is 44.1 Å². The fourth-order valence-electron chi connectivity index (χ4n) is 2.91. The summed E-state index contributed by atoms with van der Waals surface area (Å²) in [6.07, 6.45) is 7.64. The molecule has 1 fully saturated rings. The van der Waals surface area contributed by atoms with Crippen LogP contribution in [0, 0.1) is 0 Å². The van der Waals surface area contributed by atoms with Crippen molar-refractivity contribution in [3.8, 4) is 5.75 Å². The van der Waals surface area contributed by atoms with Gasteiger partial charge in [0.15, 0.2) is 5.96 Å². The molecule has 3 N–H and O–H groups in total. The predicted molar refractivity (Wildman–Crippen MR) is 93.8 cm³/mol. The van der Waals surface area contributed by atoms with Crippen molar-refractivity contribution in [3.63, 3.8) is 0 Å². The number of methoxy groups -OCH3 is 1. The molecule has 1 aromatic rings. The third-order valence-electron chi connectivity index (χ3n) is 4.18. The molecule has 0 heterocycles. The molecule has 0 atom stereocenters. The van der Waals surface area contributed by atoms with Gasteiger partial charge in [-0.05, 0) is 18.9 Å². The third kappa shape index (κ3) is 6.48. The van der Waals surface area contributed by atoms with E-state index < -0.39 is 0 Å². The zero-order chi connectivity index (χ0) is 16.3. The molecule has 0 radical (unpaired) electrons. The molecular weight excluding hydrogens is 290 g/mol. The number of nitrogens with zero attached hydrogens (tertiary/aromatic N) is 1. The number of nitrogens with two attached hydrogens (primary N) is 1. The maximum atomic E-state index is 5.96. The highest BCUT2D eigenvalue weighted by atomic mass is 16.5. The molecule has 0 spiro atoms. The summed E-state index contributed by atoms with van der Waals surface area (Å²) in [4.78, 5) is 4.35. The minimum atomic E-state index is 0.482. The van der Waals surface area contributed by atoms with Crippen LogP contribution >= 0.6 is 0 Å². The molecule has 1 aliphatic carbocycles. The normalized spacial score (nSPS) is 16.8. The number of hydrogen-bond donors (Lipinski definition) is 2. The highest BCUT2D eigenvalue weighted by Gasteiger charge is 2.12. The standard InChI is InChI=1S/C18H29N3O2/c1-22-17-11-7-6-8-15(17)14-23-13-12-20-18(19)21-16-9-4-2-3-5-10-16/h6-8,11,16H,2-5,9-10,12-14H2,1H3,(H3,19,20,21). The lowest BCUT2D eigenvalue weighted by Crippen LogP contribution is -2.40. The Balaban J connectivity index is 1.65. The predicted octanol–water partition coefficient (Wildman–Crippen LogP) is 2.84. The topological polar surface area (TPSA) is 68.9 Å². The fraction of sp³-hybridized carbons (Fsp3) is 0.611. The molecule has 0 aliphatic heterocycles. The van der Waals surface area contributed by atoms with Gasteiger partial charge in [-0.2, -0.15) is 0 Å². The number of hydrogen-bond acceptors (Lipinski definition) is 3. The van der Waals surface area contributed by atoms with Gasteiger partial charge in [-0.3, -0.25) is 4.99 Å². The summed E-state index contributed by atoms with van der Waals surface area (Å²) in [5, 5.41) is 3.34. The summed E-state index contributed by atoms with van der Waals surface area (Å²) in [6.45, 7) is 1.64. The quantitative estimate of drug-likeness (QED) is 0.351. The first-order valence-corrected chi connectivity index (χ1v) is 8.55. The van der Waals surface area contributed by atoms with Crippen LogP contribution in [0.2, 0.25) is 0 Å². The van der Waals surface area contributed by atoms with Crippen molar-refractivity contribution in [2.75, 3.05) is 20.3 Å². The first-order valence-electron chi connectivity index (χ1n) is 8.55. The van der Waals surface area contributed by atoms with Crippen LogP contribution in [0.25, 0.3) is 0 Å². The van der Waals surface area contributed by atoms with Crippen molar-refractivity contribution in [2.24, 2.45) is 10.7 Å². The molecule has 0 unspecified atom stereocenters. The van der Waals surface area contributed by atoms with Crippen LogP contribution in [0.4, 0.5) is 0 Å². The number of para-hydroxylation sites is 1. The second-order valence-corrected chi connectivity index (χ2v) is 5.96. The largest absolute Gasteiger partial charge is 0.496 e. The van der Waals surface area contributed by atoms with Gasteiger partial charge in [0.2, 0.25) is 0 Å². The molecule has 0 saturated heterocycles. The lowest BCUT2D eigenvalue weighted by Gasteiger charge is -2.16. The first-order chi connectivity index (χ1) is 11.3. The van der Waals surface area contributed by atoms with Crippen molar-refractivity contribution >= 4 is 5.96 Å². The smallest absolute Gasteiger partial charge is 0.188 e. The molecule has 128 valence electrons. The number of guanidine groups is 1. The van der Waals surface area contributed by atoms with Gasteiger partial charge in [0.05, 0.1) is 26.9 Å². The second kappa shape index (κ2) is 10.1. The maximum Gasteiger partial charge on any atom is 0.188 e. The minimum absolute atomic E-state index is 0.482. The van der Waals surface area contributed by atoms with E-state index in [4.69, 9.17) is 15.2 Å². The Bertz CT molecular complexity index is 483.